The van der Waals surface area contributed by atoms with Crippen molar-refractivity contribution in [3.05, 3.63) is 28.2 Å². The van der Waals surface area contributed by atoms with Crippen LogP contribution in [0.4, 0.5) is 18.9 Å². The molecule has 0 aliphatic heterocycles. The molecule has 0 heterocycles. The number of benzene rings is 1. The summed E-state index contributed by atoms with van der Waals surface area (Å²) in [5.74, 6) is 0. The number of rotatable bonds is 6. The summed E-state index contributed by atoms with van der Waals surface area (Å²) in [4.78, 5) is 2.23. The van der Waals surface area contributed by atoms with Gasteiger partial charge in [-0.05, 0) is 68.0 Å². The first-order valence-corrected chi connectivity index (χ1v) is 7.32. The van der Waals surface area contributed by atoms with Crippen LogP contribution in [0, 0.1) is 0 Å². The highest BCUT2D eigenvalue weighted by Crippen LogP contribution is 2.33. The van der Waals surface area contributed by atoms with Gasteiger partial charge in [0.1, 0.15) is 0 Å². The monoisotopic (exact) mass is 352 g/mol. The third kappa shape index (κ3) is 5.32. The van der Waals surface area contributed by atoms with Crippen LogP contribution in [0.1, 0.15) is 25.8 Å². The van der Waals surface area contributed by atoms with Crippen LogP contribution >= 0.6 is 15.9 Å². The fourth-order valence-corrected chi connectivity index (χ4v) is 2.16. The van der Waals surface area contributed by atoms with Gasteiger partial charge in [0, 0.05) is 22.7 Å². The van der Waals surface area contributed by atoms with E-state index in [0.717, 1.165) is 31.6 Å². The Morgan fingerprint density at radius 1 is 1.30 bits per heavy atom. The van der Waals surface area contributed by atoms with E-state index >= 15 is 0 Å². The van der Waals surface area contributed by atoms with Crippen LogP contribution in [0.15, 0.2) is 22.7 Å². The van der Waals surface area contributed by atoms with Crippen LogP contribution in [0.3, 0.4) is 0 Å². The van der Waals surface area contributed by atoms with Gasteiger partial charge in [-0.25, -0.2) is 0 Å². The summed E-state index contributed by atoms with van der Waals surface area (Å²) in [5.41, 5.74) is 0.0414. The van der Waals surface area contributed by atoms with E-state index in [-0.39, 0.29) is 0 Å². The molecule has 1 rings (SSSR count). The Labute approximate surface area is 126 Å². The van der Waals surface area contributed by atoms with Gasteiger partial charge in [-0.1, -0.05) is 0 Å². The highest BCUT2D eigenvalue weighted by molar-refractivity contribution is 9.10. The molecule has 0 unspecified atom stereocenters. The molecular weight excluding hydrogens is 333 g/mol. The lowest BCUT2D eigenvalue weighted by Crippen LogP contribution is -2.28. The van der Waals surface area contributed by atoms with Gasteiger partial charge < -0.3 is 10.2 Å². The van der Waals surface area contributed by atoms with Crippen LogP contribution in [0.5, 0.6) is 0 Å². The molecule has 1 aromatic rings. The van der Waals surface area contributed by atoms with Crippen LogP contribution in [-0.2, 0) is 6.18 Å². The number of alkyl halides is 3. The first-order valence-electron chi connectivity index (χ1n) is 6.52. The zero-order chi connectivity index (χ0) is 15.3. The van der Waals surface area contributed by atoms with E-state index in [1.54, 1.807) is 0 Å². The maximum Gasteiger partial charge on any atom is 0.416 e. The van der Waals surface area contributed by atoms with Crippen LogP contribution in [0.25, 0.3) is 0 Å². The van der Waals surface area contributed by atoms with Crippen LogP contribution < -0.4 is 5.32 Å². The van der Waals surface area contributed by atoms with Gasteiger partial charge in [0.2, 0.25) is 0 Å². The molecular formula is C14H20BrF3N2. The number of halogens is 4. The van der Waals surface area contributed by atoms with E-state index in [9.17, 15) is 13.2 Å². The third-order valence-electron chi connectivity index (χ3n) is 3.18. The van der Waals surface area contributed by atoms with Gasteiger partial charge in [0.25, 0.3) is 0 Å². The topological polar surface area (TPSA) is 15.3 Å². The summed E-state index contributed by atoms with van der Waals surface area (Å²) < 4.78 is 38.0. The van der Waals surface area contributed by atoms with Gasteiger partial charge in [-0.3, -0.25) is 0 Å². The summed E-state index contributed by atoms with van der Waals surface area (Å²) in [6.45, 7) is 5.92. The van der Waals surface area contributed by atoms with Crippen molar-refractivity contribution >= 4 is 21.6 Å². The molecule has 2 nitrogen and oxygen atoms in total. The first-order chi connectivity index (χ1) is 9.21. The zero-order valence-corrected chi connectivity index (χ0v) is 13.5. The maximum atomic E-state index is 12.5. The smallest absolute Gasteiger partial charge is 0.384 e. The van der Waals surface area contributed by atoms with Crippen molar-refractivity contribution < 1.29 is 13.2 Å². The van der Waals surface area contributed by atoms with Gasteiger partial charge >= 0.3 is 6.18 Å². The van der Waals surface area contributed by atoms with Crippen LogP contribution in [0.2, 0.25) is 0 Å². The summed E-state index contributed by atoms with van der Waals surface area (Å²) in [5, 5.41) is 3.14. The highest BCUT2D eigenvalue weighted by atomic mass is 79.9. The summed E-state index contributed by atoms with van der Waals surface area (Å²) in [6.07, 6.45) is -3.37. The average Bonchev–Trinajstić information content (AvgIpc) is 2.34. The molecule has 0 bridgehead atoms. The lowest BCUT2D eigenvalue weighted by atomic mass is 10.2. The molecule has 0 aromatic heterocycles. The molecule has 0 saturated carbocycles. The fourth-order valence-electron chi connectivity index (χ4n) is 1.64. The lowest BCUT2D eigenvalue weighted by molar-refractivity contribution is -0.137. The first kappa shape index (κ1) is 17.3. The molecule has 20 heavy (non-hydrogen) atoms. The Morgan fingerprint density at radius 3 is 2.45 bits per heavy atom. The van der Waals surface area contributed by atoms with Gasteiger partial charge in [-0.2, -0.15) is 13.2 Å². The lowest BCUT2D eigenvalue weighted by Gasteiger charge is -2.21. The SMILES string of the molecule is CC(C)N(C)CCCNc1ccc(C(F)(F)F)cc1Br. The molecule has 0 saturated heterocycles. The molecule has 6 heteroatoms. The zero-order valence-electron chi connectivity index (χ0n) is 11.9. The summed E-state index contributed by atoms with van der Waals surface area (Å²) in [6, 6.07) is 4.14. The summed E-state index contributed by atoms with van der Waals surface area (Å²) >= 11 is 3.17. The molecule has 0 amide bonds. The predicted molar refractivity (Wildman–Crippen MR) is 80.0 cm³/mol. The van der Waals surface area contributed by atoms with Crippen LogP contribution in [-0.4, -0.2) is 31.1 Å². The van der Waals surface area contributed by atoms with Crippen molar-refractivity contribution in [2.45, 2.75) is 32.5 Å². The minimum Gasteiger partial charge on any atom is -0.384 e. The van der Waals surface area contributed by atoms with Crippen molar-refractivity contribution in [2.24, 2.45) is 0 Å². The van der Waals surface area contributed by atoms with Gasteiger partial charge in [0.15, 0.2) is 0 Å². The molecule has 1 N–H and O–H groups in total. The standard InChI is InChI=1S/C14H20BrF3N2/c1-10(2)20(3)8-4-7-19-13-6-5-11(9-12(13)15)14(16,17)18/h5-6,9-10,19H,4,7-8H2,1-3H3. The Kier molecular flexibility index (Phi) is 6.33. The van der Waals surface area contributed by atoms with Crippen molar-refractivity contribution in [1.82, 2.24) is 4.90 Å². The quantitative estimate of drug-likeness (QED) is 0.752. The molecule has 1 aromatic carbocycles. The van der Waals surface area contributed by atoms with Crippen molar-refractivity contribution in [3.63, 3.8) is 0 Å². The number of hydrogen-bond acceptors (Lipinski definition) is 2. The number of anilines is 1. The fraction of sp³-hybridized carbons (Fsp3) is 0.571. The minimum atomic E-state index is -4.30. The molecule has 0 radical (unpaired) electrons. The molecule has 0 aliphatic rings. The van der Waals surface area contributed by atoms with E-state index in [2.05, 4.69) is 47.0 Å². The molecule has 0 fully saturated rings. The molecule has 0 atom stereocenters. The normalized spacial score (nSPS) is 12.2. The maximum absolute atomic E-state index is 12.5. The Hall–Kier alpha value is -0.750. The minimum absolute atomic E-state index is 0.435. The molecule has 114 valence electrons. The number of hydrogen-bond donors (Lipinski definition) is 1. The van der Waals surface area contributed by atoms with E-state index in [1.807, 2.05) is 0 Å². The second kappa shape index (κ2) is 7.31. The third-order valence-corrected chi connectivity index (χ3v) is 3.84. The van der Waals surface area contributed by atoms with E-state index in [0.29, 0.717) is 16.2 Å². The van der Waals surface area contributed by atoms with Gasteiger partial charge in [-0.15, -0.1) is 0 Å². The van der Waals surface area contributed by atoms with E-state index in [4.69, 9.17) is 0 Å². The van der Waals surface area contributed by atoms with Gasteiger partial charge in [0.05, 0.1) is 5.56 Å². The number of nitrogens with one attached hydrogen (secondary N) is 1. The molecule has 0 aliphatic carbocycles. The summed E-state index contributed by atoms with van der Waals surface area (Å²) in [7, 11) is 2.05. The Bertz CT molecular complexity index is 433. The largest absolute Gasteiger partial charge is 0.416 e. The Balaban J connectivity index is 2.49. The number of nitrogens with zero attached hydrogens (tertiary/aromatic N) is 1. The van der Waals surface area contributed by atoms with E-state index < -0.39 is 11.7 Å². The van der Waals surface area contributed by atoms with Crippen molar-refractivity contribution in [3.8, 4) is 0 Å². The highest BCUT2D eigenvalue weighted by Gasteiger charge is 2.30. The molecule has 0 spiro atoms. The van der Waals surface area contributed by atoms with E-state index in [1.165, 1.54) is 6.07 Å². The van der Waals surface area contributed by atoms with Crippen molar-refractivity contribution in [2.75, 3.05) is 25.5 Å². The second-order valence-corrected chi connectivity index (χ2v) is 5.90. The average molecular weight is 353 g/mol. The Morgan fingerprint density at radius 2 is 1.95 bits per heavy atom. The second-order valence-electron chi connectivity index (χ2n) is 5.05. The predicted octanol–water partition coefficient (Wildman–Crippen LogP) is 4.61. The van der Waals surface area contributed by atoms with Crippen molar-refractivity contribution in [1.29, 1.82) is 0 Å².